The standard InChI is InChI=1S/C22H25ClFN3O4S/c1-15-14-16(24)9-10-20(15)32(30,31)27-13-5-4-6-17(27)11-12-25-21(28)22(29)26-19-8-3-2-7-18(19)23/h2-3,7-10,14,17H,4-6,11-13H2,1H3,(H,25,28)(H,26,29)/t17-/m0/s1. The van der Waals surface area contributed by atoms with Crippen LogP contribution in [-0.4, -0.2) is 43.7 Å². The SMILES string of the molecule is Cc1cc(F)ccc1S(=O)(=O)N1CCCC[C@H]1CCNC(=O)C(=O)Nc1ccccc1Cl. The van der Waals surface area contributed by atoms with Crippen molar-refractivity contribution in [2.24, 2.45) is 0 Å². The normalized spacial score (nSPS) is 17.0. The number of amides is 2. The van der Waals surface area contributed by atoms with Crippen molar-refractivity contribution in [3.8, 4) is 0 Å². The molecule has 10 heteroatoms. The molecule has 0 saturated carbocycles. The predicted octanol–water partition coefficient (Wildman–Crippen LogP) is 3.48. The molecule has 1 atom stereocenters. The largest absolute Gasteiger partial charge is 0.348 e. The summed E-state index contributed by atoms with van der Waals surface area (Å²) in [6.45, 7) is 2.05. The topological polar surface area (TPSA) is 95.6 Å². The van der Waals surface area contributed by atoms with Gasteiger partial charge in [-0.1, -0.05) is 30.2 Å². The lowest BCUT2D eigenvalue weighted by Gasteiger charge is -2.35. The lowest BCUT2D eigenvalue weighted by Crippen LogP contribution is -2.46. The molecule has 2 aromatic carbocycles. The molecule has 1 heterocycles. The molecule has 1 saturated heterocycles. The minimum atomic E-state index is -3.81. The van der Waals surface area contributed by atoms with Gasteiger partial charge in [0.15, 0.2) is 0 Å². The molecule has 0 aliphatic carbocycles. The summed E-state index contributed by atoms with van der Waals surface area (Å²) >= 11 is 5.98. The summed E-state index contributed by atoms with van der Waals surface area (Å²) in [5.74, 6) is -2.17. The van der Waals surface area contributed by atoms with Crippen LogP contribution in [0.1, 0.15) is 31.2 Å². The number of benzene rings is 2. The smallest absolute Gasteiger partial charge is 0.313 e. The minimum absolute atomic E-state index is 0.0777. The molecule has 0 aromatic heterocycles. The van der Waals surface area contributed by atoms with Crippen molar-refractivity contribution in [1.29, 1.82) is 0 Å². The number of sulfonamides is 1. The van der Waals surface area contributed by atoms with Crippen LogP contribution < -0.4 is 10.6 Å². The van der Waals surface area contributed by atoms with Gasteiger partial charge in [0, 0.05) is 19.1 Å². The number of halogens is 2. The van der Waals surface area contributed by atoms with E-state index in [1.165, 1.54) is 16.4 Å². The first kappa shape index (κ1) is 24.2. The zero-order valence-corrected chi connectivity index (χ0v) is 19.2. The van der Waals surface area contributed by atoms with Gasteiger partial charge in [0.05, 0.1) is 15.6 Å². The van der Waals surface area contributed by atoms with Crippen LogP contribution in [0, 0.1) is 12.7 Å². The second kappa shape index (κ2) is 10.4. The van der Waals surface area contributed by atoms with Crippen LogP contribution in [0.2, 0.25) is 5.02 Å². The molecule has 1 fully saturated rings. The molecule has 1 aliphatic heterocycles. The maximum absolute atomic E-state index is 13.4. The number of nitrogens with one attached hydrogen (secondary N) is 2. The monoisotopic (exact) mass is 481 g/mol. The zero-order chi connectivity index (χ0) is 23.3. The van der Waals surface area contributed by atoms with Crippen LogP contribution in [-0.2, 0) is 19.6 Å². The summed E-state index contributed by atoms with van der Waals surface area (Å²) in [5, 5.41) is 5.29. The third-order valence-electron chi connectivity index (χ3n) is 5.39. The average molecular weight is 482 g/mol. The maximum Gasteiger partial charge on any atom is 0.313 e. The number of anilines is 1. The van der Waals surface area contributed by atoms with Crippen LogP contribution in [0.3, 0.4) is 0 Å². The maximum atomic E-state index is 13.4. The number of carbonyl (C=O) groups is 2. The second-order valence-electron chi connectivity index (χ2n) is 7.65. The highest BCUT2D eigenvalue weighted by atomic mass is 35.5. The zero-order valence-electron chi connectivity index (χ0n) is 17.6. The number of hydrogen-bond donors (Lipinski definition) is 2. The van der Waals surface area contributed by atoms with Crippen molar-refractivity contribution < 1.29 is 22.4 Å². The Kier molecular flexibility index (Phi) is 7.86. The van der Waals surface area contributed by atoms with E-state index in [9.17, 15) is 22.4 Å². The molecular weight excluding hydrogens is 457 g/mol. The Balaban J connectivity index is 1.61. The highest BCUT2D eigenvalue weighted by Crippen LogP contribution is 2.29. The number of carbonyl (C=O) groups excluding carboxylic acids is 2. The average Bonchev–Trinajstić information content (AvgIpc) is 2.75. The van der Waals surface area contributed by atoms with E-state index in [1.54, 1.807) is 31.2 Å². The third-order valence-corrected chi connectivity index (χ3v) is 7.83. The molecule has 3 rings (SSSR count). The Morgan fingerprint density at radius 2 is 1.91 bits per heavy atom. The van der Waals surface area contributed by atoms with Gasteiger partial charge in [-0.2, -0.15) is 4.31 Å². The van der Waals surface area contributed by atoms with Gasteiger partial charge in [-0.15, -0.1) is 0 Å². The van der Waals surface area contributed by atoms with Crippen molar-refractivity contribution in [3.05, 3.63) is 58.9 Å². The van der Waals surface area contributed by atoms with Crippen molar-refractivity contribution in [2.45, 2.75) is 43.5 Å². The minimum Gasteiger partial charge on any atom is -0.348 e. The molecule has 172 valence electrons. The Morgan fingerprint density at radius 3 is 2.62 bits per heavy atom. The van der Waals surface area contributed by atoms with E-state index in [1.807, 2.05) is 0 Å². The van der Waals surface area contributed by atoms with E-state index in [4.69, 9.17) is 11.6 Å². The van der Waals surface area contributed by atoms with Crippen molar-refractivity contribution in [2.75, 3.05) is 18.4 Å². The number of para-hydroxylation sites is 1. The Labute approximate surface area is 192 Å². The highest BCUT2D eigenvalue weighted by molar-refractivity contribution is 7.89. The quantitative estimate of drug-likeness (QED) is 0.617. The first-order chi connectivity index (χ1) is 15.2. The predicted molar refractivity (Wildman–Crippen MR) is 120 cm³/mol. The van der Waals surface area contributed by atoms with Gasteiger partial charge in [-0.25, -0.2) is 12.8 Å². The molecule has 0 bridgehead atoms. The Bertz CT molecular complexity index is 1110. The first-order valence-corrected chi connectivity index (χ1v) is 12.1. The summed E-state index contributed by atoms with van der Waals surface area (Å²) in [4.78, 5) is 24.3. The summed E-state index contributed by atoms with van der Waals surface area (Å²) in [7, 11) is -3.81. The van der Waals surface area contributed by atoms with Crippen molar-refractivity contribution >= 4 is 39.1 Å². The van der Waals surface area contributed by atoms with E-state index >= 15 is 0 Å². The highest BCUT2D eigenvalue weighted by Gasteiger charge is 2.34. The van der Waals surface area contributed by atoms with Crippen LogP contribution in [0.4, 0.5) is 10.1 Å². The van der Waals surface area contributed by atoms with Crippen LogP contribution in [0.25, 0.3) is 0 Å². The van der Waals surface area contributed by atoms with Gasteiger partial charge in [-0.3, -0.25) is 9.59 Å². The number of piperidine rings is 1. The fourth-order valence-corrected chi connectivity index (χ4v) is 5.90. The molecule has 0 radical (unpaired) electrons. The van der Waals surface area contributed by atoms with Gasteiger partial charge >= 0.3 is 11.8 Å². The molecule has 0 spiro atoms. The molecule has 0 unspecified atom stereocenters. The fourth-order valence-electron chi connectivity index (χ4n) is 3.78. The van der Waals surface area contributed by atoms with Gasteiger partial charge in [0.25, 0.3) is 0 Å². The number of rotatable bonds is 6. The Hall–Kier alpha value is -2.49. The summed E-state index contributed by atoms with van der Waals surface area (Å²) in [5.41, 5.74) is 0.674. The fraction of sp³-hybridized carbons (Fsp3) is 0.364. The van der Waals surface area contributed by atoms with Crippen LogP contribution >= 0.6 is 11.6 Å². The van der Waals surface area contributed by atoms with E-state index < -0.39 is 27.7 Å². The molecule has 2 N–H and O–H groups in total. The van der Waals surface area contributed by atoms with Crippen molar-refractivity contribution in [1.82, 2.24) is 9.62 Å². The molecular formula is C22H25ClFN3O4S. The van der Waals surface area contributed by atoms with Gasteiger partial charge in [-0.05, 0) is 62.1 Å². The van der Waals surface area contributed by atoms with Gasteiger partial charge in [0.2, 0.25) is 10.0 Å². The van der Waals surface area contributed by atoms with E-state index in [0.717, 1.165) is 18.9 Å². The molecule has 2 aromatic rings. The molecule has 7 nitrogen and oxygen atoms in total. The van der Waals surface area contributed by atoms with E-state index in [-0.39, 0.29) is 17.5 Å². The van der Waals surface area contributed by atoms with Crippen molar-refractivity contribution in [3.63, 3.8) is 0 Å². The lowest BCUT2D eigenvalue weighted by atomic mass is 10.0. The van der Waals surface area contributed by atoms with Crippen LogP contribution in [0.5, 0.6) is 0 Å². The first-order valence-electron chi connectivity index (χ1n) is 10.3. The van der Waals surface area contributed by atoms with Crippen LogP contribution in [0.15, 0.2) is 47.4 Å². The third kappa shape index (κ3) is 5.65. The second-order valence-corrected chi connectivity index (χ2v) is 9.92. The number of aryl methyl sites for hydroxylation is 1. The van der Waals surface area contributed by atoms with E-state index in [0.29, 0.717) is 35.7 Å². The van der Waals surface area contributed by atoms with Gasteiger partial charge in [0.1, 0.15) is 5.82 Å². The lowest BCUT2D eigenvalue weighted by molar-refractivity contribution is -0.136. The molecule has 1 aliphatic rings. The number of hydrogen-bond acceptors (Lipinski definition) is 4. The number of nitrogens with zero attached hydrogens (tertiary/aromatic N) is 1. The molecule has 32 heavy (non-hydrogen) atoms. The summed E-state index contributed by atoms with van der Waals surface area (Å²) in [6, 6.07) is 9.85. The van der Waals surface area contributed by atoms with Gasteiger partial charge < -0.3 is 10.6 Å². The molecule has 2 amide bonds. The summed E-state index contributed by atoms with van der Waals surface area (Å²) < 4.78 is 41.3. The Morgan fingerprint density at radius 1 is 1.16 bits per heavy atom. The summed E-state index contributed by atoms with van der Waals surface area (Å²) in [6.07, 6.45) is 2.58. The van der Waals surface area contributed by atoms with E-state index in [2.05, 4.69) is 10.6 Å².